The molecular weight excluding hydrogens is 629 g/mol. The number of pyridine rings is 2. The number of aliphatic hydroxyl groups is 1. The fraction of sp³-hybridized carbons (Fsp3) is 0.267. The monoisotopic (exact) mass is 652 g/mol. The Kier molecular flexibility index (Phi) is 7.83. The molecule has 4 aromatic rings. The van der Waals surface area contributed by atoms with Gasteiger partial charge in [-0.25, -0.2) is 14.4 Å². The molecule has 0 bridgehead atoms. The van der Waals surface area contributed by atoms with E-state index in [0.29, 0.717) is 6.07 Å². The molecule has 46 heavy (non-hydrogen) atoms. The molecule has 242 valence electrons. The number of halogens is 7. The van der Waals surface area contributed by atoms with Crippen LogP contribution in [0.3, 0.4) is 0 Å². The number of rotatable bonds is 7. The Morgan fingerprint density at radius 1 is 1.02 bits per heavy atom. The van der Waals surface area contributed by atoms with Crippen LogP contribution in [0.15, 0.2) is 54.6 Å². The normalized spacial score (nSPS) is 17.6. The van der Waals surface area contributed by atoms with Crippen LogP contribution in [0.4, 0.5) is 30.7 Å². The zero-order valence-corrected chi connectivity index (χ0v) is 23.8. The van der Waals surface area contributed by atoms with Crippen molar-refractivity contribution in [3.8, 4) is 22.8 Å². The molecule has 5 rings (SSSR count). The molecule has 2 atom stereocenters. The number of ether oxygens (including phenoxy) is 2. The van der Waals surface area contributed by atoms with Crippen molar-refractivity contribution in [3.05, 3.63) is 82.9 Å². The molecule has 0 fully saturated rings. The molecule has 0 saturated carbocycles. The summed E-state index contributed by atoms with van der Waals surface area (Å²) in [6, 6.07) is 9.00. The number of fused-ring (bicyclic) bond motifs is 2. The number of carbonyl (C=O) groups is 2. The molecule has 1 aliphatic rings. The van der Waals surface area contributed by atoms with Crippen molar-refractivity contribution in [3.63, 3.8) is 0 Å². The maximum absolute atomic E-state index is 14.7. The molecule has 16 heteroatoms. The van der Waals surface area contributed by atoms with Crippen LogP contribution in [0.2, 0.25) is 0 Å². The highest BCUT2D eigenvalue weighted by atomic mass is 19.4. The molecule has 0 unspecified atom stereocenters. The summed E-state index contributed by atoms with van der Waals surface area (Å²) in [6.07, 6.45) is -10.2. The second kappa shape index (κ2) is 11.1. The highest BCUT2D eigenvalue weighted by Gasteiger charge is 2.57. The molecule has 1 aliphatic heterocycles. The Morgan fingerprint density at radius 3 is 2.28 bits per heavy atom. The number of nitrogens with one attached hydrogen (secondary N) is 1. The van der Waals surface area contributed by atoms with Gasteiger partial charge < -0.3 is 25.6 Å². The van der Waals surface area contributed by atoms with Gasteiger partial charge in [0.1, 0.15) is 46.2 Å². The van der Waals surface area contributed by atoms with E-state index in [9.17, 15) is 45.4 Å². The van der Waals surface area contributed by atoms with Gasteiger partial charge in [0.15, 0.2) is 0 Å². The number of alkyl halides is 6. The third kappa shape index (κ3) is 5.52. The van der Waals surface area contributed by atoms with Crippen LogP contribution >= 0.6 is 0 Å². The summed E-state index contributed by atoms with van der Waals surface area (Å²) in [6.45, 7) is -0.529. The summed E-state index contributed by atoms with van der Waals surface area (Å²) in [5.74, 6) is -3.13. The first-order valence-corrected chi connectivity index (χ1v) is 13.3. The number of carbonyl (C=O) groups excluding carboxylic acids is 2. The number of benzene rings is 2. The van der Waals surface area contributed by atoms with E-state index < -0.39 is 58.9 Å². The lowest BCUT2D eigenvalue weighted by Gasteiger charge is -2.31. The van der Waals surface area contributed by atoms with Gasteiger partial charge in [-0.1, -0.05) is 6.07 Å². The lowest BCUT2D eigenvalue weighted by Crippen LogP contribution is -2.51. The van der Waals surface area contributed by atoms with Crippen molar-refractivity contribution in [2.45, 2.75) is 30.3 Å². The number of aromatic nitrogens is 2. The predicted octanol–water partition coefficient (Wildman–Crippen LogP) is 4.78. The van der Waals surface area contributed by atoms with Crippen molar-refractivity contribution >= 4 is 22.7 Å². The number of primary amides is 1. The van der Waals surface area contributed by atoms with Gasteiger partial charge in [-0.3, -0.25) is 9.59 Å². The van der Waals surface area contributed by atoms with Crippen LogP contribution in [0.25, 0.3) is 22.2 Å². The van der Waals surface area contributed by atoms with Gasteiger partial charge in [-0.05, 0) is 55.5 Å². The van der Waals surface area contributed by atoms with Crippen LogP contribution < -0.4 is 20.5 Å². The van der Waals surface area contributed by atoms with Gasteiger partial charge in [0.25, 0.3) is 5.91 Å². The van der Waals surface area contributed by atoms with E-state index in [1.165, 1.54) is 19.1 Å². The largest absolute Gasteiger partial charge is 0.494 e. The number of hydrogen-bond donors (Lipinski definition) is 3. The first-order valence-electron chi connectivity index (χ1n) is 13.3. The summed E-state index contributed by atoms with van der Waals surface area (Å²) < 4.78 is 108. The molecule has 0 saturated heterocycles. The Balaban J connectivity index is 1.56. The van der Waals surface area contributed by atoms with Crippen LogP contribution in [0.5, 0.6) is 11.5 Å². The Labute approximate surface area is 255 Å². The van der Waals surface area contributed by atoms with Gasteiger partial charge in [0.05, 0.1) is 19.3 Å². The lowest BCUT2D eigenvalue weighted by atomic mass is 9.81. The van der Waals surface area contributed by atoms with Gasteiger partial charge in [-0.15, -0.1) is 0 Å². The Hall–Kier alpha value is -4.99. The summed E-state index contributed by atoms with van der Waals surface area (Å²) in [5.41, 5.74) is -3.07. The highest BCUT2D eigenvalue weighted by Crippen LogP contribution is 2.47. The van der Waals surface area contributed by atoms with Gasteiger partial charge >= 0.3 is 12.4 Å². The molecule has 0 radical (unpaired) electrons. The van der Waals surface area contributed by atoms with Gasteiger partial charge in [0, 0.05) is 22.1 Å². The number of methoxy groups -OCH3 is 1. The van der Waals surface area contributed by atoms with Gasteiger partial charge in [0.2, 0.25) is 11.5 Å². The summed E-state index contributed by atoms with van der Waals surface area (Å²) in [7, 11) is 1.10. The third-order valence-electron chi connectivity index (χ3n) is 7.66. The van der Waals surface area contributed by atoms with Crippen LogP contribution in [0, 0.1) is 5.82 Å². The van der Waals surface area contributed by atoms with Crippen LogP contribution in [-0.4, -0.2) is 53.3 Å². The van der Waals surface area contributed by atoms with Crippen molar-refractivity contribution < 1.29 is 54.9 Å². The maximum atomic E-state index is 14.7. The highest BCUT2D eigenvalue weighted by molar-refractivity contribution is 6.00. The van der Waals surface area contributed by atoms with Gasteiger partial charge in [-0.2, -0.15) is 26.3 Å². The van der Waals surface area contributed by atoms with E-state index >= 15 is 0 Å². The Morgan fingerprint density at radius 2 is 1.70 bits per heavy atom. The van der Waals surface area contributed by atoms with E-state index in [0.717, 1.165) is 43.5 Å². The van der Waals surface area contributed by atoms with E-state index in [-0.39, 0.29) is 51.4 Å². The summed E-state index contributed by atoms with van der Waals surface area (Å²) >= 11 is 0. The number of hydrogen-bond acceptors (Lipinski definition) is 7. The second-order valence-corrected chi connectivity index (χ2v) is 10.7. The number of amides is 2. The zero-order chi connectivity index (χ0) is 33.8. The van der Waals surface area contributed by atoms with E-state index in [1.807, 2.05) is 5.32 Å². The fourth-order valence-electron chi connectivity index (χ4n) is 4.90. The summed E-state index contributed by atoms with van der Waals surface area (Å²) in [5, 5.41) is 13.2. The molecule has 2 aromatic heterocycles. The standard InChI is InChI=1S/C30H23F7N4O5/c1-27(26(38)43)13-46-24-18(27)11-21(41-23(24)14-3-6-17(31)7-4-14)28(44,30(35,36)37)12-39-25(42)16-9-15-5-8-20(29(32,33)34)40-22(15)19(10-16)45-2/h3-11,44H,12-13H2,1-2H3,(H2,38,43)(H,39,42)/t27-,28-/m0/s1. The van der Waals surface area contributed by atoms with Crippen LogP contribution in [-0.2, 0) is 22.0 Å². The zero-order valence-electron chi connectivity index (χ0n) is 23.8. The molecule has 2 aromatic carbocycles. The number of nitrogens with zero attached hydrogens (tertiary/aromatic N) is 2. The molecule has 3 heterocycles. The predicted molar refractivity (Wildman–Crippen MR) is 147 cm³/mol. The second-order valence-electron chi connectivity index (χ2n) is 10.7. The molecule has 0 aliphatic carbocycles. The smallest absolute Gasteiger partial charge is 0.433 e. The molecule has 9 nitrogen and oxygen atoms in total. The first kappa shape index (κ1) is 32.4. The van der Waals surface area contributed by atoms with E-state index in [1.54, 1.807) is 0 Å². The average Bonchev–Trinajstić information content (AvgIpc) is 3.35. The van der Waals surface area contributed by atoms with E-state index in [4.69, 9.17) is 15.2 Å². The topological polar surface area (TPSA) is 137 Å². The lowest BCUT2D eigenvalue weighted by molar-refractivity contribution is -0.265. The molecule has 0 spiro atoms. The molecule has 4 N–H and O–H groups in total. The fourth-order valence-corrected chi connectivity index (χ4v) is 4.90. The minimum atomic E-state index is -5.47. The average molecular weight is 653 g/mol. The third-order valence-corrected chi connectivity index (χ3v) is 7.66. The minimum Gasteiger partial charge on any atom is -0.494 e. The van der Waals surface area contributed by atoms with E-state index in [2.05, 4.69) is 9.97 Å². The first-order chi connectivity index (χ1) is 21.4. The van der Waals surface area contributed by atoms with Crippen LogP contribution in [0.1, 0.15) is 34.2 Å². The molecular formula is C30H23F7N4O5. The number of nitrogens with two attached hydrogens (primary N) is 1. The SMILES string of the molecule is COc1cc(C(=O)NC[C@](O)(c2cc3c(c(-c4ccc(F)cc4)n2)OC[C@]3(C)C(N)=O)C(F)(F)F)cc2ccc(C(F)(F)F)nc12. The minimum absolute atomic E-state index is 0.0125. The Bertz CT molecular complexity index is 1860. The van der Waals surface area contributed by atoms with Crippen molar-refractivity contribution in [1.82, 2.24) is 15.3 Å². The molecule has 2 amide bonds. The summed E-state index contributed by atoms with van der Waals surface area (Å²) in [4.78, 5) is 33.0. The van der Waals surface area contributed by atoms with Crippen molar-refractivity contribution in [2.24, 2.45) is 5.73 Å². The maximum Gasteiger partial charge on any atom is 0.433 e. The quantitative estimate of drug-likeness (QED) is 0.245. The van der Waals surface area contributed by atoms with Crippen molar-refractivity contribution in [1.29, 1.82) is 0 Å². The van der Waals surface area contributed by atoms with Crippen molar-refractivity contribution in [2.75, 3.05) is 20.3 Å².